The van der Waals surface area contributed by atoms with Crippen LogP contribution in [0.25, 0.3) is 0 Å². The maximum atomic E-state index is 12.9. The molecule has 6 nitrogen and oxygen atoms in total. The molecule has 10 heteroatoms. The Morgan fingerprint density at radius 1 is 1.39 bits per heavy atom. The van der Waals surface area contributed by atoms with Crippen molar-refractivity contribution in [3.63, 3.8) is 0 Å². The van der Waals surface area contributed by atoms with Crippen LogP contribution in [-0.2, 0) is 21.0 Å². The third-order valence-corrected chi connectivity index (χ3v) is 5.42. The Balaban J connectivity index is 2.53. The van der Waals surface area contributed by atoms with E-state index in [1.54, 1.807) is 0 Å². The lowest BCUT2D eigenvalue weighted by Gasteiger charge is -2.21. The number of nitrogens with zero attached hydrogens (tertiary/aromatic N) is 2. The van der Waals surface area contributed by atoms with Gasteiger partial charge in [-0.05, 0) is 31.0 Å². The standard InChI is InChI=1S/C13H11F3N2O4S/c14-13(15,16)10-6-9(4-3-8(10)7-17)23(21,22)18-5-1-2-11(18)12(19)20/h3-4,6,11H,1-2,5H2,(H,19,20)/t11-/m0/s1. The van der Waals surface area contributed by atoms with Gasteiger partial charge in [0.15, 0.2) is 0 Å². The summed E-state index contributed by atoms with van der Waals surface area (Å²) in [6.07, 6.45) is -4.50. The summed E-state index contributed by atoms with van der Waals surface area (Å²) < 4.78 is 64.4. The largest absolute Gasteiger partial charge is 0.480 e. The van der Waals surface area contributed by atoms with Gasteiger partial charge in [0.1, 0.15) is 6.04 Å². The van der Waals surface area contributed by atoms with Crippen molar-refractivity contribution in [3.8, 4) is 6.07 Å². The van der Waals surface area contributed by atoms with E-state index in [4.69, 9.17) is 10.4 Å². The second kappa shape index (κ2) is 5.82. The number of benzene rings is 1. The Kier molecular flexibility index (Phi) is 4.37. The molecule has 1 aliphatic heterocycles. The summed E-state index contributed by atoms with van der Waals surface area (Å²) in [5, 5.41) is 17.7. The van der Waals surface area contributed by atoms with Gasteiger partial charge in [0, 0.05) is 6.54 Å². The summed E-state index contributed by atoms with van der Waals surface area (Å²) in [4.78, 5) is 10.4. The first-order valence-corrected chi connectivity index (χ1v) is 7.89. The highest BCUT2D eigenvalue weighted by Crippen LogP contribution is 2.35. The average molecular weight is 348 g/mol. The van der Waals surface area contributed by atoms with E-state index in [2.05, 4.69) is 0 Å². The minimum absolute atomic E-state index is 0.0827. The van der Waals surface area contributed by atoms with E-state index < -0.39 is 44.2 Å². The van der Waals surface area contributed by atoms with E-state index in [0.29, 0.717) is 16.8 Å². The molecule has 1 aromatic carbocycles. The number of carboxylic acid groups (broad SMARTS) is 1. The summed E-state index contributed by atoms with van der Waals surface area (Å²) in [6, 6.07) is 2.06. The number of carbonyl (C=O) groups is 1. The van der Waals surface area contributed by atoms with Crippen molar-refractivity contribution in [1.29, 1.82) is 5.26 Å². The summed E-state index contributed by atoms with van der Waals surface area (Å²) in [5.41, 5.74) is -2.07. The van der Waals surface area contributed by atoms with E-state index in [1.807, 2.05) is 0 Å². The van der Waals surface area contributed by atoms with Crippen LogP contribution in [0.2, 0.25) is 0 Å². The fourth-order valence-corrected chi connectivity index (χ4v) is 4.10. The maximum absolute atomic E-state index is 12.9. The maximum Gasteiger partial charge on any atom is 0.417 e. The average Bonchev–Trinajstić information content (AvgIpc) is 2.96. The zero-order chi connectivity index (χ0) is 17.4. The van der Waals surface area contributed by atoms with Crippen molar-refractivity contribution in [2.45, 2.75) is 30.0 Å². The zero-order valence-corrected chi connectivity index (χ0v) is 12.4. The highest BCUT2D eigenvalue weighted by molar-refractivity contribution is 7.89. The number of sulfonamides is 1. The molecule has 0 aliphatic carbocycles. The van der Waals surface area contributed by atoms with Gasteiger partial charge in [0.05, 0.1) is 22.1 Å². The molecule has 1 aromatic rings. The zero-order valence-electron chi connectivity index (χ0n) is 11.5. The van der Waals surface area contributed by atoms with Gasteiger partial charge in [-0.1, -0.05) is 0 Å². The van der Waals surface area contributed by atoms with Crippen LogP contribution < -0.4 is 0 Å². The number of carboxylic acids is 1. The van der Waals surface area contributed by atoms with E-state index >= 15 is 0 Å². The Hall–Kier alpha value is -2.12. The first kappa shape index (κ1) is 17.2. The molecule has 0 spiro atoms. The predicted molar refractivity (Wildman–Crippen MR) is 70.7 cm³/mol. The van der Waals surface area contributed by atoms with E-state index in [-0.39, 0.29) is 13.0 Å². The van der Waals surface area contributed by atoms with Crippen LogP contribution in [0.15, 0.2) is 23.1 Å². The molecular formula is C13H11F3N2O4S. The van der Waals surface area contributed by atoms with Crippen molar-refractivity contribution in [2.24, 2.45) is 0 Å². The Morgan fingerprint density at radius 2 is 2.04 bits per heavy atom. The molecule has 1 N–H and O–H groups in total. The number of rotatable bonds is 3. The number of alkyl halides is 3. The Labute approximate surface area is 129 Å². The van der Waals surface area contributed by atoms with Gasteiger partial charge in [0.2, 0.25) is 10.0 Å². The van der Waals surface area contributed by atoms with Crippen LogP contribution in [0.5, 0.6) is 0 Å². The van der Waals surface area contributed by atoms with Crippen molar-refractivity contribution in [3.05, 3.63) is 29.3 Å². The molecule has 124 valence electrons. The fraction of sp³-hybridized carbons (Fsp3) is 0.385. The number of hydrogen-bond acceptors (Lipinski definition) is 4. The van der Waals surface area contributed by atoms with Crippen molar-refractivity contribution < 1.29 is 31.5 Å². The Bertz CT molecular complexity index is 783. The smallest absolute Gasteiger partial charge is 0.417 e. The SMILES string of the molecule is N#Cc1ccc(S(=O)(=O)N2CCC[C@H]2C(=O)O)cc1C(F)(F)F. The van der Waals surface area contributed by atoms with Gasteiger partial charge in [-0.25, -0.2) is 8.42 Å². The second-order valence-electron chi connectivity index (χ2n) is 4.93. The minimum Gasteiger partial charge on any atom is -0.480 e. The second-order valence-corrected chi connectivity index (χ2v) is 6.82. The topological polar surface area (TPSA) is 98.5 Å². The molecule has 23 heavy (non-hydrogen) atoms. The van der Waals surface area contributed by atoms with Crippen molar-refractivity contribution in [2.75, 3.05) is 6.54 Å². The number of aliphatic carboxylic acids is 1. The van der Waals surface area contributed by atoms with Gasteiger partial charge in [0.25, 0.3) is 0 Å². The lowest BCUT2D eigenvalue weighted by Crippen LogP contribution is -2.40. The van der Waals surface area contributed by atoms with E-state index in [1.165, 1.54) is 6.07 Å². The van der Waals surface area contributed by atoms with Crippen molar-refractivity contribution >= 4 is 16.0 Å². The summed E-state index contributed by atoms with van der Waals surface area (Å²) in [7, 11) is -4.40. The normalized spacial score (nSPS) is 19.5. The highest BCUT2D eigenvalue weighted by atomic mass is 32.2. The van der Waals surface area contributed by atoms with Gasteiger partial charge < -0.3 is 5.11 Å². The summed E-state index contributed by atoms with van der Waals surface area (Å²) in [5.74, 6) is -1.35. The lowest BCUT2D eigenvalue weighted by molar-refractivity contribution is -0.141. The third kappa shape index (κ3) is 3.16. The van der Waals surface area contributed by atoms with Gasteiger partial charge in [-0.15, -0.1) is 0 Å². The molecule has 1 saturated heterocycles. The highest BCUT2D eigenvalue weighted by Gasteiger charge is 2.41. The van der Waals surface area contributed by atoms with Crippen LogP contribution >= 0.6 is 0 Å². The fourth-order valence-electron chi connectivity index (χ4n) is 2.43. The molecule has 0 unspecified atom stereocenters. The number of halogens is 3. The summed E-state index contributed by atoms with van der Waals surface area (Å²) >= 11 is 0. The molecule has 0 aromatic heterocycles. The monoisotopic (exact) mass is 348 g/mol. The minimum atomic E-state index is -4.90. The van der Waals surface area contributed by atoms with Crippen molar-refractivity contribution in [1.82, 2.24) is 4.31 Å². The molecule has 0 bridgehead atoms. The molecule has 0 saturated carbocycles. The van der Waals surface area contributed by atoms with E-state index in [0.717, 1.165) is 12.1 Å². The van der Waals surface area contributed by atoms with Crippen LogP contribution in [0.4, 0.5) is 13.2 Å². The van der Waals surface area contributed by atoms with Crippen LogP contribution in [0.1, 0.15) is 24.0 Å². The molecule has 1 aliphatic rings. The predicted octanol–water partition coefficient (Wildman–Crippen LogP) is 1.81. The van der Waals surface area contributed by atoms with Gasteiger partial charge in [-0.3, -0.25) is 4.79 Å². The molecule has 1 atom stereocenters. The number of nitriles is 1. The molecule has 2 rings (SSSR count). The molecule has 0 radical (unpaired) electrons. The molecule has 1 fully saturated rings. The Morgan fingerprint density at radius 3 is 2.57 bits per heavy atom. The van der Waals surface area contributed by atoms with Crippen LogP contribution in [0, 0.1) is 11.3 Å². The first-order chi connectivity index (χ1) is 10.6. The van der Waals surface area contributed by atoms with Gasteiger partial charge in [-0.2, -0.15) is 22.7 Å². The third-order valence-electron chi connectivity index (χ3n) is 3.51. The lowest BCUT2D eigenvalue weighted by atomic mass is 10.1. The molecular weight excluding hydrogens is 337 g/mol. The molecule has 1 heterocycles. The van der Waals surface area contributed by atoms with Gasteiger partial charge >= 0.3 is 12.1 Å². The summed E-state index contributed by atoms with van der Waals surface area (Å²) in [6.45, 7) is -0.0827. The van der Waals surface area contributed by atoms with Crippen LogP contribution in [-0.4, -0.2) is 36.4 Å². The number of hydrogen-bond donors (Lipinski definition) is 1. The molecule has 0 amide bonds. The van der Waals surface area contributed by atoms with E-state index in [9.17, 15) is 26.4 Å². The van der Waals surface area contributed by atoms with Crippen LogP contribution in [0.3, 0.4) is 0 Å². The quantitative estimate of drug-likeness (QED) is 0.898. The first-order valence-electron chi connectivity index (χ1n) is 6.45.